The third-order valence-electron chi connectivity index (χ3n) is 3.44. The molecule has 0 aromatic heterocycles. The van der Waals surface area contributed by atoms with Crippen LogP contribution in [-0.2, 0) is 10.3 Å². The first-order valence-corrected chi connectivity index (χ1v) is 7.16. The number of methoxy groups -OCH3 is 2. The third kappa shape index (κ3) is 3.19. The van der Waals surface area contributed by atoms with Crippen molar-refractivity contribution in [1.82, 2.24) is 0 Å². The molecule has 0 fully saturated rings. The van der Waals surface area contributed by atoms with E-state index in [4.69, 9.17) is 25.8 Å². The predicted octanol–water partition coefficient (Wildman–Crippen LogP) is 3.59. The molecule has 1 unspecified atom stereocenters. The maximum absolute atomic E-state index is 11.1. The fourth-order valence-corrected chi connectivity index (χ4v) is 2.58. The summed E-state index contributed by atoms with van der Waals surface area (Å²) in [5.74, 6) is 0.979. The summed E-state index contributed by atoms with van der Waals surface area (Å²) in [7, 11) is 3.09. The van der Waals surface area contributed by atoms with Gasteiger partial charge in [-0.3, -0.25) is 0 Å². The average molecular weight is 323 g/mol. The molecular formula is C17H19ClO4. The molecule has 22 heavy (non-hydrogen) atoms. The van der Waals surface area contributed by atoms with E-state index in [0.717, 1.165) is 0 Å². The van der Waals surface area contributed by atoms with Crippen LogP contribution in [0.25, 0.3) is 0 Å². The minimum atomic E-state index is -1.33. The van der Waals surface area contributed by atoms with Gasteiger partial charge in [-0.2, -0.15) is 0 Å². The molecular weight excluding hydrogens is 304 g/mol. The summed E-state index contributed by atoms with van der Waals surface area (Å²) in [5, 5.41) is 11.5. The molecule has 2 aromatic rings. The molecule has 5 heteroatoms. The van der Waals surface area contributed by atoms with Gasteiger partial charge in [0.15, 0.2) is 6.79 Å². The van der Waals surface area contributed by atoms with E-state index in [0.29, 0.717) is 27.6 Å². The van der Waals surface area contributed by atoms with E-state index in [-0.39, 0.29) is 6.79 Å². The molecule has 1 N–H and O–H groups in total. The molecule has 0 amide bonds. The Bertz CT molecular complexity index is 640. The summed E-state index contributed by atoms with van der Waals surface area (Å²) in [5.41, 5.74) is -0.163. The molecule has 0 aliphatic carbocycles. The fourth-order valence-electron chi connectivity index (χ4n) is 2.35. The SMILES string of the molecule is COCOc1c(Cl)cccc1C(C)(O)c1ccccc1OC. The Morgan fingerprint density at radius 3 is 2.41 bits per heavy atom. The van der Waals surface area contributed by atoms with Crippen LogP contribution in [0.1, 0.15) is 18.1 Å². The van der Waals surface area contributed by atoms with Crippen LogP contribution in [0.3, 0.4) is 0 Å². The Morgan fingerprint density at radius 2 is 1.73 bits per heavy atom. The Kier molecular flexibility index (Phi) is 5.29. The van der Waals surface area contributed by atoms with Crippen molar-refractivity contribution in [3.63, 3.8) is 0 Å². The van der Waals surface area contributed by atoms with Gasteiger partial charge in [-0.15, -0.1) is 0 Å². The van der Waals surface area contributed by atoms with E-state index < -0.39 is 5.60 Å². The molecule has 4 nitrogen and oxygen atoms in total. The Balaban J connectivity index is 2.55. The van der Waals surface area contributed by atoms with Crippen molar-refractivity contribution in [3.8, 4) is 11.5 Å². The molecule has 2 rings (SSSR count). The van der Waals surface area contributed by atoms with Gasteiger partial charge in [-0.1, -0.05) is 41.9 Å². The number of aliphatic hydroxyl groups is 1. The first kappa shape index (κ1) is 16.6. The van der Waals surface area contributed by atoms with Gasteiger partial charge >= 0.3 is 0 Å². The molecule has 0 radical (unpaired) electrons. The van der Waals surface area contributed by atoms with Crippen molar-refractivity contribution in [2.24, 2.45) is 0 Å². The minimum Gasteiger partial charge on any atom is -0.496 e. The smallest absolute Gasteiger partial charge is 0.188 e. The lowest BCUT2D eigenvalue weighted by Crippen LogP contribution is -2.25. The predicted molar refractivity (Wildman–Crippen MR) is 85.6 cm³/mol. The summed E-state index contributed by atoms with van der Waals surface area (Å²) in [6, 6.07) is 12.5. The first-order chi connectivity index (χ1) is 10.5. The van der Waals surface area contributed by atoms with Gasteiger partial charge in [0.1, 0.15) is 17.1 Å². The second-order valence-corrected chi connectivity index (χ2v) is 5.35. The molecule has 0 saturated heterocycles. The third-order valence-corrected chi connectivity index (χ3v) is 3.74. The van der Waals surface area contributed by atoms with E-state index in [1.807, 2.05) is 12.1 Å². The number of hydrogen-bond acceptors (Lipinski definition) is 4. The molecule has 2 aromatic carbocycles. The normalized spacial score (nSPS) is 13.5. The summed E-state index contributed by atoms with van der Waals surface area (Å²) in [6.07, 6.45) is 0. The molecule has 118 valence electrons. The van der Waals surface area contributed by atoms with Gasteiger partial charge in [0.05, 0.1) is 12.1 Å². The van der Waals surface area contributed by atoms with Crippen LogP contribution >= 0.6 is 11.6 Å². The molecule has 0 heterocycles. The lowest BCUT2D eigenvalue weighted by molar-refractivity contribution is 0.0431. The second kappa shape index (κ2) is 7.01. The Labute approximate surface area is 135 Å². The largest absolute Gasteiger partial charge is 0.496 e. The minimum absolute atomic E-state index is 0.0404. The first-order valence-electron chi connectivity index (χ1n) is 6.79. The maximum Gasteiger partial charge on any atom is 0.188 e. The fraction of sp³-hybridized carbons (Fsp3) is 0.294. The average Bonchev–Trinajstić information content (AvgIpc) is 2.53. The highest BCUT2D eigenvalue weighted by Crippen LogP contribution is 2.42. The molecule has 0 saturated carbocycles. The van der Waals surface area contributed by atoms with Crippen LogP contribution in [-0.4, -0.2) is 26.1 Å². The lowest BCUT2D eigenvalue weighted by Gasteiger charge is -2.28. The van der Waals surface area contributed by atoms with Crippen molar-refractivity contribution in [2.45, 2.75) is 12.5 Å². The summed E-state index contributed by atoms with van der Waals surface area (Å²) in [6.45, 7) is 1.72. The number of halogens is 1. The number of ether oxygens (including phenoxy) is 3. The lowest BCUT2D eigenvalue weighted by atomic mass is 9.87. The van der Waals surface area contributed by atoms with E-state index in [9.17, 15) is 5.11 Å². The van der Waals surface area contributed by atoms with E-state index >= 15 is 0 Å². The van der Waals surface area contributed by atoms with Gasteiger partial charge in [-0.05, 0) is 19.1 Å². The van der Waals surface area contributed by atoms with Gasteiger partial charge in [0.2, 0.25) is 0 Å². The number of rotatable bonds is 6. The zero-order valence-electron chi connectivity index (χ0n) is 12.8. The van der Waals surface area contributed by atoms with E-state index in [2.05, 4.69) is 0 Å². The van der Waals surface area contributed by atoms with Gasteiger partial charge in [0.25, 0.3) is 0 Å². The highest BCUT2D eigenvalue weighted by Gasteiger charge is 2.32. The van der Waals surface area contributed by atoms with Crippen LogP contribution in [0.2, 0.25) is 5.02 Å². The van der Waals surface area contributed by atoms with Gasteiger partial charge in [-0.25, -0.2) is 0 Å². The number of hydrogen-bond donors (Lipinski definition) is 1. The standard InChI is InChI=1S/C17H19ClO4/c1-17(19,12-7-4-5-10-15(12)21-3)13-8-6-9-14(18)16(13)22-11-20-2/h4-10,19H,11H2,1-3H3. The van der Waals surface area contributed by atoms with E-state index in [1.165, 1.54) is 7.11 Å². The van der Waals surface area contributed by atoms with Crippen LogP contribution in [0.15, 0.2) is 42.5 Å². The van der Waals surface area contributed by atoms with Crippen LogP contribution in [0.5, 0.6) is 11.5 Å². The van der Waals surface area contributed by atoms with Crippen molar-refractivity contribution in [2.75, 3.05) is 21.0 Å². The Hall–Kier alpha value is -1.75. The van der Waals surface area contributed by atoms with Crippen molar-refractivity contribution < 1.29 is 19.3 Å². The summed E-state index contributed by atoms with van der Waals surface area (Å²) < 4.78 is 15.8. The highest BCUT2D eigenvalue weighted by atomic mass is 35.5. The summed E-state index contributed by atoms with van der Waals surface area (Å²) >= 11 is 6.21. The number of benzene rings is 2. The molecule has 0 aliphatic heterocycles. The highest BCUT2D eigenvalue weighted by molar-refractivity contribution is 6.32. The maximum atomic E-state index is 11.1. The van der Waals surface area contributed by atoms with Crippen molar-refractivity contribution >= 4 is 11.6 Å². The molecule has 0 bridgehead atoms. The van der Waals surface area contributed by atoms with Crippen molar-refractivity contribution in [3.05, 3.63) is 58.6 Å². The number of para-hydroxylation sites is 2. The van der Waals surface area contributed by atoms with Gasteiger partial charge < -0.3 is 19.3 Å². The van der Waals surface area contributed by atoms with Crippen LogP contribution in [0, 0.1) is 0 Å². The van der Waals surface area contributed by atoms with Crippen LogP contribution < -0.4 is 9.47 Å². The summed E-state index contributed by atoms with van der Waals surface area (Å²) in [4.78, 5) is 0. The monoisotopic (exact) mass is 322 g/mol. The van der Waals surface area contributed by atoms with Crippen molar-refractivity contribution in [1.29, 1.82) is 0 Å². The zero-order valence-corrected chi connectivity index (χ0v) is 13.6. The zero-order chi connectivity index (χ0) is 16.2. The molecule has 0 spiro atoms. The second-order valence-electron chi connectivity index (χ2n) is 4.94. The molecule has 0 aliphatic rings. The molecule has 1 atom stereocenters. The van der Waals surface area contributed by atoms with Crippen LogP contribution in [0.4, 0.5) is 0 Å². The van der Waals surface area contributed by atoms with E-state index in [1.54, 1.807) is 44.4 Å². The topological polar surface area (TPSA) is 47.9 Å². The quantitative estimate of drug-likeness (QED) is 0.826. The Morgan fingerprint density at radius 1 is 1.05 bits per heavy atom. The van der Waals surface area contributed by atoms with Gasteiger partial charge in [0, 0.05) is 18.2 Å².